The first-order chi connectivity index (χ1) is 15.9. The first kappa shape index (κ1) is 23.9. The second kappa shape index (κ2) is 10.4. The molecule has 1 aliphatic heterocycles. The Balaban J connectivity index is 1.60. The average molecular weight is 451 g/mol. The summed E-state index contributed by atoms with van der Waals surface area (Å²) in [7, 11) is 2.09. The van der Waals surface area contributed by atoms with E-state index in [9.17, 15) is 4.39 Å². The number of nitrogens with zero attached hydrogens (tertiary/aromatic N) is 2. The van der Waals surface area contributed by atoms with Crippen molar-refractivity contribution >= 4 is 10.9 Å². The smallest absolute Gasteiger partial charge is 0.128 e. The Labute approximate surface area is 198 Å². The van der Waals surface area contributed by atoms with Crippen LogP contribution in [0.2, 0.25) is 0 Å². The third kappa shape index (κ3) is 5.15. The van der Waals surface area contributed by atoms with Gasteiger partial charge in [-0.3, -0.25) is 4.98 Å². The van der Waals surface area contributed by atoms with Crippen molar-refractivity contribution in [2.24, 2.45) is 0 Å². The second-order valence-corrected chi connectivity index (χ2v) is 10.0. The molecular weight excluding hydrogens is 411 g/mol. The maximum Gasteiger partial charge on any atom is 0.128 e. The van der Waals surface area contributed by atoms with Crippen LogP contribution in [0.1, 0.15) is 68.7 Å². The summed E-state index contributed by atoms with van der Waals surface area (Å²) in [5.41, 5.74) is 7.38. The first-order valence-corrected chi connectivity index (χ1v) is 12.5. The molecule has 4 nitrogen and oxygen atoms in total. The van der Waals surface area contributed by atoms with E-state index in [-0.39, 0.29) is 6.04 Å². The molecule has 0 amide bonds. The van der Waals surface area contributed by atoms with Gasteiger partial charge in [0.1, 0.15) is 6.17 Å². The summed E-state index contributed by atoms with van der Waals surface area (Å²) in [5, 5.41) is 4.48. The van der Waals surface area contributed by atoms with Crippen LogP contribution >= 0.6 is 0 Å². The zero-order valence-electron chi connectivity index (χ0n) is 20.8. The summed E-state index contributed by atoms with van der Waals surface area (Å²) in [6.07, 6.45) is 4.14. The lowest BCUT2D eigenvalue weighted by atomic mass is 9.89. The van der Waals surface area contributed by atoms with Gasteiger partial charge in [0.2, 0.25) is 0 Å². The molecule has 0 radical (unpaired) electrons. The number of piperidine rings is 1. The van der Waals surface area contributed by atoms with E-state index >= 15 is 0 Å². The predicted molar refractivity (Wildman–Crippen MR) is 137 cm³/mol. The van der Waals surface area contributed by atoms with Gasteiger partial charge in [0.05, 0.1) is 5.69 Å². The quantitative estimate of drug-likeness (QED) is 0.431. The highest BCUT2D eigenvalue weighted by Crippen LogP contribution is 2.37. The van der Waals surface area contributed by atoms with Crippen molar-refractivity contribution in [3.63, 3.8) is 0 Å². The van der Waals surface area contributed by atoms with E-state index in [1.807, 2.05) is 13.1 Å². The largest absolute Gasteiger partial charge is 0.354 e. The number of alkyl halides is 1. The SMILES string of the molecule is CCC(CCN(C)C1CCNCC1F)c1ccc2[nH]c(-c3ccnc(C)c3)c(C(C)C)c2c1. The highest BCUT2D eigenvalue weighted by molar-refractivity contribution is 5.92. The molecule has 3 unspecified atom stereocenters. The summed E-state index contributed by atoms with van der Waals surface area (Å²) in [4.78, 5) is 10.3. The lowest BCUT2D eigenvalue weighted by Gasteiger charge is -2.35. The van der Waals surface area contributed by atoms with Crippen molar-refractivity contribution in [3.8, 4) is 11.3 Å². The van der Waals surface area contributed by atoms with Crippen molar-refractivity contribution in [3.05, 3.63) is 53.3 Å². The molecule has 1 fully saturated rings. The van der Waals surface area contributed by atoms with Gasteiger partial charge < -0.3 is 15.2 Å². The molecule has 2 aromatic heterocycles. The number of aromatic amines is 1. The summed E-state index contributed by atoms with van der Waals surface area (Å²) in [6.45, 7) is 11.2. The number of H-pyrrole nitrogens is 1. The minimum atomic E-state index is -0.774. The first-order valence-electron chi connectivity index (χ1n) is 12.5. The normalized spacial score (nSPS) is 20.1. The summed E-state index contributed by atoms with van der Waals surface area (Å²) in [5.74, 6) is 0.878. The average Bonchev–Trinajstić information content (AvgIpc) is 3.19. The van der Waals surface area contributed by atoms with Gasteiger partial charge in [-0.1, -0.05) is 26.8 Å². The van der Waals surface area contributed by atoms with Crippen molar-refractivity contribution < 1.29 is 4.39 Å². The Morgan fingerprint density at radius 3 is 2.73 bits per heavy atom. The summed E-state index contributed by atoms with van der Waals surface area (Å²) < 4.78 is 14.4. The zero-order chi connectivity index (χ0) is 23.5. The molecule has 0 aliphatic carbocycles. The Kier molecular flexibility index (Phi) is 7.50. The van der Waals surface area contributed by atoms with Crippen LogP contribution in [0.15, 0.2) is 36.5 Å². The molecule has 4 rings (SSSR count). The van der Waals surface area contributed by atoms with Crippen molar-refractivity contribution in [2.75, 3.05) is 26.7 Å². The molecule has 178 valence electrons. The van der Waals surface area contributed by atoms with Crippen LogP contribution in [-0.4, -0.2) is 53.8 Å². The van der Waals surface area contributed by atoms with E-state index in [0.29, 0.717) is 18.4 Å². The van der Waals surface area contributed by atoms with Crippen molar-refractivity contribution in [1.82, 2.24) is 20.2 Å². The maximum absolute atomic E-state index is 14.4. The molecule has 1 aromatic carbocycles. The molecule has 1 aliphatic rings. The molecule has 0 spiro atoms. The third-order valence-corrected chi connectivity index (χ3v) is 7.36. The van der Waals surface area contributed by atoms with Gasteiger partial charge in [0, 0.05) is 40.9 Å². The molecule has 3 aromatic rings. The number of benzene rings is 1. The molecule has 2 N–H and O–H groups in total. The number of halogens is 1. The van der Waals surface area contributed by atoms with Crippen LogP contribution in [0.5, 0.6) is 0 Å². The Bertz CT molecular complexity index is 1070. The van der Waals surface area contributed by atoms with Gasteiger partial charge >= 0.3 is 0 Å². The van der Waals surface area contributed by atoms with E-state index in [2.05, 4.69) is 78.3 Å². The number of aromatic nitrogens is 2. The number of hydrogen-bond acceptors (Lipinski definition) is 3. The third-order valence-electron chi connectivity index (χ3n) is 7.36. The van der Waals surface area contributed by atoms with E-state index in [4.69, 9.17) is 0 Å². The standard InChI is InChI=1S/C28H39FN4/c1-6-20(11-14-33(5)26-10-12-30-17-24(26)29)21-7-8-25-23(16-21)27(18(2)3)28(32-25)22-9-13-31-19(4)15-22/h7-9,13,15-16,18,20,24,26,30,32H,6,10-12,14,17H2,1-5H3. The molecule has 33 heavy (non-hydrogen) atoms. The molecule has 0 saturated carbocycles. The monoisotopic (exact) mass is 450 g/mol. The van der Waals surface area contributed by atoms with Crippen LogP contribution in [0.3, 0.4) is 0 Å². The van der Waals surface area contributed by atoms with Gasteiger partial charge in [-0.05, 0) is 93.6 Å². The minimum absolute atomic E-state index is 0.0369. The number of hydrogen-bond donors (Lipinski definition) is 2. The van der Waals surface area contributed by atoms with Gasteiger partial charge in [-0.25, -0.2) is 4.39 Å². The maximum atomic E-state index is 14.4. The lowest BCUT2D eigenvalue weighted by Crippen LogP contribution is -2.50. The van der Waals surface area contributed by atoms with E-state index in [1.165, 1.54) is 33.3 Å². The van der Waals surface area contributed by atoms with Crippen LogP contribution in [0, 0.1) is 6.92 Å². The van der Waals surface area contributed by atoms with E-state index < -0.39 is 6.17 Å². The summed E-state index contributed by atoms with van der Waals surface area (Å²) >= 11 is 0. The van der Waals surface area contributed by atoms with Gasteiger partial charge in [0.15, 0.2) is 0 Å². The number of aryl methyl sites for hydroxylation is 1. The molecule has 3 heterocycles. The van der Waals surface area contributed by atoms with Gasteiger partial charge in [-0.15, -0.1) is 0 Å². The molecular formula is C28H39FN4. The fraction of sp³-hybridized carbons (Fsp3) is 0.536. The number of fused-ring (bicyclic) bond motifs is 1. The summed E-state index contributed by atoms with van der Waals surface area (Å²) in [6, 6.07) is 11.2. The second-order valence-electron chi connectivity index (χ2n) is 10.0. The highest BCUT2D eigenvalue weighted by atomic mass is 19.1. The number of pyridine rings is 1. The fourth-order valence-corrected chi connectivity index (χ4v) is 5.45. The minimum Gasteiger partial charge on any atom is -0.354 e. The van der Waals surface area contributed by atoms with E-state index in [1.54, 1.807) is 0 Å². The fourth-order valence-electron chi connectivity index (χ4n) is 5.45. The number of rotatable bonds is 8. The molecule has 1 saturated heterocycles. The Morgan fingerprint density at radius 2 is 2.03 bits per heavy atom. The van der Waals surface area contributed by atoms with Crippen molar-refractivity contribution in [1.29, 1.82) is 0 Å². The van der Waals surface area contributed by atoms with Gasteiger partial charge in [0.25, 0.3) is 0 Å². The predicted octanol–water partition coefficient (Wildman–Crippen LogP) is 6.18. The van der Waals surface area contributed by atoms with Crippen LogP contribution in [0.4, 0.5) is 4.39 Å². The highest BCUT2D eigenvalue weighted by Gasteiger charge is 2.28. The molecule has 3 atom stereocenters. The van der Waals surface area contributed by atoms with Crippen LogP contribution in [-0.2, 0) is 0 Å². The molecule has 0 bridgehead atoms. The Morgan fingerprint density at radius 1 is 1.21 bits per heavy atom. The van der Waals surface area contributed by atoms with Crippen molar-refractivity contribution in [2.45, 2.75) is 71.0 Å². The number of nitrogens with one attached hydrogen (secondary N) is 2. The van der Waals surface area contributed by atoms with Crippen LogP contribution < -0.4 is 5.32 Å². The Hall–Kier alpha value is -2.24. The van der Waals surface area contributed by atoms with Crippen LogP contribution in [0.25, 0.3) is 22.2 Å². The van der Waals surface area contributed by atoms with Gasteiger partial charge in [-0.2, -0.15) is 0 Å². The van der Waals surface area contributed by atoms with E-state index in [0.717, 1.165) is 38.0 Å². The molecule has 5 heteroatoms. The lowest BCUT2D eigenvalue weighted by molar-refractivity contribution is 0.103. The zero-order valence-corrected chi connectivity index (χ0v) is 20.8. The topological polar surface area (TPSA) is 44.0 Å².